The average Bonchev–Trinajstić information content (AvgIpc) is 2.47. The molecule has 0 fully saturated rings. The van der Waals surface area contributed by atoms with Crippen LogP contribution in [0, 0.1) is 0 Å². The SMILES string of the molecule is CC(=O)Nc1cccc(C(C)NC(C)c2cccnc2)c1. The zero-order chi connectivity index (χ0) is 15.2. The Kier molecular flexibility index (Phi) is 5.06. The molecule has 0 saturated carbocycles. The lowest BCUT2D eigenvalue weighted by atomic mass is 10.0. The van der Waals surface area contributed by atoms with Crippen LogP contribution in [0.25, 0.3) is 0 Å². The number of carbonyl (C=O) groups is 1. The van der Waals surface area contributed by atoms with Crippen molar-refractivity contribution in [3.63, 3.8) is 0 Å². The lowest BCUT2D eigenvalue weighted by Gasteiger charge is -2.21. The molecule has 0 aliphatic rings. The van der Waals surface area contributed by atoms with E-state index in [1.165, 1.54) is 6.92 Å². The fourth-order valence-corrected chi connectivity index (χ4v) is 2.29. The van der Waals surface area contributed by atoms with Crippen molar-refractivity contribution in [2.24, 2.45) is 0 Å². The first-order valence-electron chi connectivity index (χ1n) is 7.10. The summed E-state index contributed by atoms with van der Waals surface area (Å²) in [6, 6.07) is 12.3. The van der Waals surface area contributed by atoms with Crippen molar-refractivity contribution < 1.29 is 4.79 Å². The molecule has 0 saturated heterocycles. The van der Waals surface area contributed by atoms with E-state index in [1.807, 2.05) is 30.5 Å². The Hall–Kier alpha value is -2.20. The van der Waals surface area contributed by atoms with Crippen LogP contribution >= 0.6 is 0 Å². The molecule has 2 aromatic rings. The van der Waals surface area contributed by atoms with Gasteiger partial charge in [0, 0.05) is 37.1 Å². The molecule has 2 atom stereocenters. The quantitative estimate of drug-likeness (QED) is 0.883. The molecule has 21 heavy (non-hydrogen) atoms. The maximum absolute atomic E-state index is 11.1. The topological polar surface area (TPSA) is 54.0 Å². The van der Waals surface area contributed by atoms with E-state index >= 15 is 0 Å². The summed E-state index contributed by atoms with van der Waals surface area (Å²) in [6.45, 7) is 5.74. The van der Waals surface area contributed by atoms with E-state index in [0.717, 1.165) is 16.8 Å². The zero-order valence-electron chi connectivity index (χ0n) is 12.6. The molecule has 0 aliphatic carbocycles. The van der Waals surface area contributed by atoms with E-state index in [9.17, 15) is 4.79 Å². The van der Waals surface area contributed by atoms with Crippen LogP contribution in [0.3, 0.4) is 0 Å². The Bertz CT molecular complexity index is 598. The normalized spacial score (nSPS) is 13.5. The van der Waals surface area contributed by atoms with Gasteiger partial charge in [0.2, 0.25) is 5.91 Å². The molecule has 1 aromatic carbocycles. The van der Waals surface area contributed by atoms with Gasteiger partial charge in [-0.3, -0.25) is 9.78 Å². The Morgan fingerprint density at radius 1 is 1.10 bits per heavy atom. The Labute approximate surface area is 125 Å². The van der Waals surface area contributed by atoms with E-state index in [2.05, 4.69) is 41.6 Å². The van der Waals surface area contributed by atoms with Gasteiger partial charge in [-0.05, 0) is 43.2 Å². The van der Waals surface area contributed by atoms with Crippen LogP contribution in [-0.2, 0) is 4.79 Å². The van der Waals surface area contributed by atoms with E-state index in [4.69, 9.17) is 0 Å². The highest BCUT2D eigenvalue weighted by Crippen LogP contribution is 2.21. The van der Waals surface area contributed by atoms with Gasteiger partial charge in [0.05, 0.1) is 0 Å². The lowest BCUT2D eigenvalue weighted by Crippen LogP contribution is -2.22. The molecular formula is C17H21N3O. The summed E-state index contributed by atoms with van der Waals surface area (Å²) in [5.41, 5.74) is 3.11. The summed E-state index contributed by atoms with van der Waals surface area (Å²) in [7, 11) is 0. The molecule has 4 heteroatoms. The molecular weight excluding hydrogens is 262 g/mol. The number of hydrogen-bond donors (Lipinski definition) is 2. The molecule has 1 aromatic heterocycles. The molecule has 4 nitrogen and oxygen atoms in total. The van der Waals surface area contributed by atoms with Crippen molar-refractivity contribution in [2.75, 3.05) is 5.32 Å². The van der Waals surface area contributed by atoms with Gasteiger partial charge < -0.3 is 10.6 Å². The number of hydrogen-bond acceptors (Lipinski definition) is 3. The van der Waals surface area contributed by atoms with Gasteiger partial charge in [-0.1, -0.05) is 18.2 Å². The van der Waals surface area contributed by atoms with Crippen LogP contribution in [-0.4, -0.2) is 10.9 Å². The molecule has 1 amide bonds. The highest BCUT2D eigenvalue weighted by atomic mass is 16.1. The van der Waals surface area contributed by atoms with Crippen molar-refractivity contribution in [2.45, 2.75) is 32.9 Å². The molecule has 110 valence electrons. The van der Waals surface area contributed by atoms with Crippen molar-refractivity contribution >= 4 is 11.6 Å². The van der Waals surface area contributed by atoms with E-state index in [0.29, 0.717) is 0 Å². The molecule has 2 N–H and O–H groups in total. The summed E-state index contributed by atoms with van der Waals surface area (Å²) in [6.07, 6.45) is 3.65. The number of pyridine rings is 1. The number of carbonyl (C=O) groups excluding carboxylic acids is 1. The monoisotopic (exact) mass is 283 g/mol. The molecule has 0 aliphatic heterocycles. The zero-order valence-corrected chi connectivity index (χ0v) is 12.6. The average molecular weight is 283 g/mol. The van der Waals surface area contributed by atoms with Gasteiger partial charge in [0.15, 0.2) is 0 Å². The first-order chi connectivity index (χ1) is 10.1. The number of benzene rings is 1. The summed E-state index contributed by atoms with van der Waals surface area (Å²) in [5.74, 6) is -0.0588. The summed E-state index contributed by atoms with van der Waals surface area (Å²) >= 11 is 0. The van der Waals surface area contributed by atoms with E-state index < -0.39 is 0 Å². The highest BCUT2D eigenvalue weighted by Gasteiger charge is 2.11. The predicted octanol–water partition coefficient (Wildman–Crippen LogP) is 3.45. The maximum Gasteiger partial charge on any atom is 0.221 e. The van der Waals surface area contributed by atoms with Crippen molar-refractivity contribution in [1.82, 2.24) is 10.3 Å². The second-order valence-electron chi connectivity index (χ2n) is 5.20. The molecule has 0 radical (unpaired) electrons. The van der Waals surface area contributed by atoms with Gasteiger partial charge in [0.25, 0.3) is 0 Å². The molecule has 2 unspecified atom stereocenters. The Morgan fingerprint density at radius 2 is 1.81 bits per heavy atom. The number of aromatic nitrogens is 1. The summed E-state index contributed by atoms with van der Waals surface area (Å²) in [4.78, 5) is 15.3. The summed E-state index contributed by atoms with van der Waals surface area (Å²) in [5, 5.41) is 6.35. The number of amides is 1. The first kappa shape index (κ1) is 15.2. The molecule has 1 heterocycles. The van der Waals surface area contributed by atoms with Crippen LogP contribution in [0.15, 0.2) is 48.8 Å². The van der Waals surface area contributed by atoms with Gasteiger partial charge in [-0.2, -0.15) is 0 Å². The fourth-order valence-electron chi connectivity index (χ4n) is 2.29. The Morgan fingerprint density at radius 3 is 2.48 bits per heavy atom. The highest BCUT2D eigenvalue weighted by molar-refractivity contribution is 5.88. The number of anilines is 1. The lowest BCUT2D eigenvalue weighted by molar-refractivity contribution is -0.114. The third-order valence-electron chi connectivity index (χ3n) is 3.39. The minimum absolute atomic E-state index is 0.0588. The number of rotatable bonds is 5. The standard InChI is InChI=1S/C17H21N3O/c1-12(19-13(2)16-7-5-9-18-11-16)15-6-4-8-17(10-15)20-14(3)21/h4-13,19H,1-3H3,(H,20,21). The van der Waals surface area contributed by atoms with E-state index in [1.54, 1.807) is 6.20 Å². The maximum atomic E-state index is 11.1. The second-order valence-corrected chi connectivity index (χ2v) is 5.20. The largest absolute Gasteiger partial charge is 0.326 e. The van der Waals surface area contributed by atoms with Crippen molar-refractivity contribution in [3.05, 3.63) is 59.9 Å². The molecule has 0 spiro atoms. The molecule has 0 bridgehead atoms. The van der Waals surface area contributed by atoms with E-state index in [-0.39, 0.29) is 18.0 Å². The van der Waals surface area contributed by atoms with Crippen molar-refractivity contribution in [1.29, 1.82) is 0 Å². The van der Waals surface area contributed by atoms with Gasteiger partial charge in [0.1, 0.15) is 0 Å². The number of nitrogens with one attached hydrogen (secondary N) is 2. The van der Waals surface area contributed by atoms with Crippen molar-refractivity contribution in [3.8, 4) is 0 Å². The van der Waals surface area contributed by atoms with Gasteiger partial charge >= 0.3 is 0 Å². The summed E-state index contributed by atoms with van der Waals surface area (Å²) < 4.78 is 0. The third kappa shape index (κ3) is 4.39. The van der Waals surface area contributed by atoms with Crippen LogP contribution in [0.4, 0.5) is 5.69 Å². The minimum Gasteiger partial charge on any atom is -0.326 e. The first-order valence-corrected chi connectivity index (χ1v) is 7.10. The fraction of sp³-hybridized carbons (Fsp3) is 0.294. The van der Waals surface area contributed by atoms with Crippen LogP contribution in [0.5, 0.6) is 0 Å². The smallest absolute Gasteiger partial charge is 0.221 e. The predicted molar refractivity (Wildman–Crippen MR) is 84.9 cm³/mol. The van der Waals surface area contributed by atoms with Gasteiger partial charge in [-0.25, -0.2) is 0 Å². The van der Waals surface area contributed by atoms with Gasteiger partial charge in [-0.15, -0.1) is 0 Å². The third-order valence-corrected chi connectivity index (χ3v) is 3.39. The van der Waals surface area contributed by atoms with Crippen LogP contribution < -0.4 is 10.6 Å². The molecule has 2 rings (SSSR count). The minimum atomic E-state index is -0.0588. The second kappa shape index (κ2) is 6.99. The van der Waals surface area contributed by atoms with Crippen LogP contribution in [0.2, 0.25) is 0 Å². The Balaban J connectivity index is 2.06. The van der Waals surface area contributed by atoms with Crippen LogP contribution in [0.1, 0.15) is 44.0 Å². The number of nitrogens with zero attached hydrogens (tertiary/aromatic N) is 1.